The monoisotopic (exact) mass is 242 g/mol. The minimum absolute atomic E-state index is 0.471. The molecule has 1 aliphatic carbocycles. The third-order valence-corrected chi connectivity index (χ3v) is 3.94. The van der Waals surface area contributed by atoms with E-state index in [-0.39, 0.29) is 0 Å². The van der Waals surface area contributed by atoms with Gasteiger partial charge in [-0.15, -0.1) is 0 Å². The molecule has 94 valence electrons. The standard InChI is InChI=1S/C15H18N2O/c1-11-7-8-14-16-15(12-5-3-2-4-6-12)13(10-18)17(14)9-11/h7-10,12H,2-6H2,1H3. The molecular formula is C15H18N2O. The van der Waals surface area contributed by atoms with Gasteiger partial charge in [0.1, 0.15) is 11.3 Å². The number of aldehydes is 1. The van der Waals surface area contributed by atoms with Crippen molar-refractivity contribution in [1.82, 2.24) is 9.38 Å². The Kier molecular flexibility index (Phi) is 2.90. The van der Waals surface area contributed by atoms with Crippen molar-refractivity contribution in [1.29, 1.82) is 0 Å². The molecule has 2 aromatic heterocycles. The molecule has 0 N–H and O–H groups in total. The van der Waals surface area contributed by atoms with Crippen molar-refractivity contribution in [2.75, 3.05) is 0 Å². The van der Waals surface area contributed by atoms with Crippen LogP contribution in [-0.2, 0) is 0 Å². The van der Waals surface area contributed by atoms with Crippen LogP contribution in [0.2, 0.25) is 0 Å². The number of pyridine rings is 1. The van der Waals surface area contributed by atoms with Crippen LogP contribution < -0.4 is 0 Å². The first-order valence-electron chi connectivity index (χ1n) is 6.73. The predicted molar refractivity (Wildman–Crippen MR) is 71.1 cm³/mol. The smallest absolute Gasteiger partial charge is 0.168 e. The normalized spacial score (nSPS) is 17.2. The number of imidazole rings is 1. The number of carbonyl (C=O) groups is 1. The van der Waals surface area contributed by atoms with Gasteiger partial charge in [0.15, 0.2) is 6.29 Å². The van der Waals surface area contributed by atoms with Gasteiger partial charge < -0.3 is 0 Å². The van der Waals surface area contributed by atoms with Crippen LogP contribution in [0.3, 0.4) is 0 Å². The van der Waals surface area contributed by atoms with Gasteiger partial charge in [-0.2, -0.15) is 0 Å². The molecule has 0 saturated heterocycles. The Bertz CT molecular complexity index is 579. The maximum atomic E-state index is 11.4. The van der Waals surface area contributed by atoms with Crippen molar-refractivity contribution in [2.24, 2.45) is 0 Å². The minimum atomic E-state index is 0.471. The predicted octanol–water partition coefficient (Wildman–Crippen LogP) is 3.50. The molecule has 2 aromatic rings. The number of aryl methyl sites for hydroxylation is 1. The molecular weight excluding hydrogens is 224 g/mol. The van der Waals surface area contributed by atoms with Crippen LogP contribution in [0.15, 0.2) is 18.3 Å². The highest BCUT2D eigenvalue weighted by Gasteiger charge is 2.22. The molecule has 1 fully saturated rings. The van der Waals surface area contributed by atoms with E-state index < -0.39 is 0 Å². The Morgan fingerprint density at radius 2 is 2.06 bits per heavy atom. The molecule has 0 atom stereocenters. The molecule has 3 nitrogen and oxygen atoms in total. The zero-order valence-corrected chi connectivity index (χ0v) is 10.7. The third-order valence-electron chi connectivity index (χ3n) is 3.94. The molecule has 3 rings (SSSR count). The van der Waals surface area contributed by atoms with Gasteiger partial charge in [0.25, 0.3) is 0 Å². The highest BCUT2D eigenvalue weighted by atomic mass is 16.1. The number of hydrogen-bond donors (Lipinski definition) is 0. The van der Waals surface area contributed by atoms with E-state index in [9.17, 15) is 4.79 Å². The second kappa shape index (κ2) is 4.56. The number of aromatic nitrogens is 2. The maximum absolute atomic E-state index is 11.4. The highest BCUT2D eigenvalue weighted by molar-refractivity contribution is 5.77. The minimum Gasteiger partial charge on any atom is -0.297 e. The first-order chi connectivity index (χ1) is 8.79. The van der Waals surface area contributed by atoms with E-state index in [1.54, 1.807) is 0 Å². The maximum Gasteiger partial charge on any atom is 0.168 e. The van der Waals surface area contributed by atoms with E-state index in [2.05, 4.69) is 4.98 Å². The second-order valence-corrected chi connectivity index (χ2v) is 5.27. The lowest BCUT2D eigenvalue weighted by Crippen LogP contribution is -2.07. The van der Waals surface area contributed by atoms with E-state index in [1.165, 1.54) is 32.1 Å². The summed E-state index contributed by atoms with van der Waals surface area (Å²) in [5.74, 6) is 0.471. The van der Waals surface area contributed by atoms with Crippen LogP contribution in [-0.4, -0.2) is 15.7 Å². The Morgan fingerprint density at radius 3 is 2.78 bits per heavy atom. The Balaban J connectivity index is 2.13. The Labute approximate surface area is 107 Å². The lowest BCUT2D eigenvalue weighted by Gasteiger charge is -2.20. The summed E-state index contributed by atoms with van der Waals surface area (Å²) in [6.07, 6.45) is 9.14. The molecule has 2 heterocycles. The molecule has 0 unspecified atom stereocenters. The van der Waals surface area contributed by atoms with E-state index in [4.69, 9.17) is 0 Å². The second-order valence-electron chi connectivity index (χ2n) is 5.27. The molecule has 0 radical (unpaired) electrons. The van der Waals surface area contributed by atoms with Crippen molar-refractivity contribution < 1.29 is 4.79 Å². The van der Waals surface area contributed by atoms with Crippen molar-refractivity contribution in [2.45, 2.75) is 44.9 Å². The summed E-state index contributed by atoms with van der Waals surface area (Å²) in [5, 5.41) is 0. The largest absolute Gasteiger partial charge is 0.297 e. The highest BCUT2D eigenvalue weighted by Crippen LogP contribution is 2.33. The van der Waals surface area contributed by atoms with E-state index in [0.717, 1.165) is 28.9 Å². The fraction of sp³-hybridized carbons (Fsp3) is 0.467. The van der Waals surface area contributed by atoms with E-state index >= 15 is 0 Å². The molecule has 1 saturated carbocycles. The first-order valence-corrected chi connectivity index (χ1v) is 6.73. The van der Waals surface area contributed by atoms with Gasteiger partial charge >= 0.3 is 0 Å². The summed E-state index contributed by atoms with van der Waals surface area (Å²) < 4.78 is 1.94. The Morgan fingerprint density at radius 1 is 1.28 bits per heavy atom. The number of hydrogen-bond acceptors (Lipinski definition) is 2. The summed E-state index contributed by atoms with van der Waals surface area (Å²) in [5.41, 5.74) is 3.80. The summed E-state index contributed by atoms with van der Waals surface area (Å²) in [7, 11) is 0. The number of rotatable bonds is 2. The van der Waals surface area contributed by atoms with Crippen molar-refractivity contribution in [3.8, 4) is 0 Å². The van der Waals surface area contributed by atoms with Gasteiger partial charge in [-0.05, 0) is 31.4 Å². The zero-order chi connectivity index (χ0) is 12.5. The molecule has 0 spiro atoms. The third kappa shape index (κ3) is 1.84. The van der Waals surface area contributed by atoms with E-state index in [0.29, 0.717) is 5.92 Å². The van der Waals surface area contributed by atoms with Gasteiger partial charge in [0.05, 0.1) is 5.69 Å². The van der Waals surface area contributed by atoms with Crippen LogP contribution >= 0.6 is 0 Å². The summed E-state index contributed by atoms with van der Waals surface area (Å²) in [4.78, 5) is 16.1. The van der Waals surface area contributed by atoms with Crippen molar-refractivity contribution >= 4 is 11.9 Å². The quantitative estimate of drug-likeness (QED) is 0.755. The van der Waals surface area contributed by atoms with Gasteiger partial charge in [-0.25, -0.2) is 4.98 Å². The summed E-state index contributed by atoms with van der Waals surface area (Å²) in [6, 6.07) is 4.04. The molecule has 0 bridgehead atoms. The van der Waals surface area contributed by atoms with Crippen molar-refractivity contribution in [3.63, 3.8) is 0 Å². The number of nitrogens with zero attached hydrogens (tertiary/aromatic N) is 2. The van der Waals surface area contributed by atoms with E-state index in [1.807, 2.05) is 29.7 Å². The molecule has 18 heavy (non-hydrogen) atoms. The lowest BCUT2D eigenvalue weighted by atomic mass is 9.86. The number of fused-ring (bicyclic) bond motifs is 1. The molecule has 0 aliphatic heterocycles. The SMILES string of the molecule is Cc1ccc2nc(C3CCCCC3)c(C=O)n2c1. The van der Waals surface area contributed by atoms with Crippen LogP contribution in [0.1, 0.15) is 59.8 Å². The first kappa shape index (κ1) is 11.5. The van der Waals surface area contributed by atoms with Crippen LogP contribution in [0, 0.1) is 6.92 Å². The van der Waals surface area contributed by atoms with Gasteiger partial charge in [0, 0.05) is 12.1 Å². The molecule has 3 heteroatoms. The zero-order valence-electron chi connectivity index (χ0n) is 10.7. The average Bonchev–Trinajstić information content (AvgIpc) is 2.77. The van der Waals surface area contributed by atoms with Gasteiger partial charge in [-0.3, -0.25) is 9.20 Å². The molecule has 1 aliphatic rings. The fourth-order valence-corrected chi connectivity index (χ4v) is 2.98. The lowest BCUT2D eigenvalue weighted by molar-refractivity contribution is 0.111. The topological polar surface area (TPSA) is 34.4 Å². The van der Waals surface area contributed by atoms with Crippen LogP contribution in [0.5, 0.6) is 0 Å². The molecule has 0 amide bonds. The number of carbonyl (C=O) groups excluding carboxylic acids is 1. The summed E-state index contributed by atoms with van der Waals surface area (Å²) in [6.45, 7) is 2.04. The van der Waals surface area contributed by atoms with Crippen LogP contribution in [0.4, 0.5) is 0 Å². The molecule has 0 aromatic carbocycles. The van der Waals surface area contributed by atoms with Crippen LogP contribution in [0.25, 0.3) is 5.65 Å². The van der Waals surface area contributed by atoms with Gasteiger partial charge in [0.2, 0.25) is 0 Å². The summed E-state index contributed by atoms with van der Waals surface area (Å²) >= 11 is 0. The van der Waals surface area contributed by atoms with Crippen molar-refractivity contribution in [3.05, 3.63) is 35.3 Å². The fourth-order valence-electron chi connectivity index (χ4n) is 2.98. The van der Waals surface area contributed by atoms with Gasteiger partial charge in [-0.1, -0.05) is 25.3 Å². The average molecular weight is 242 g/mol. The Hall–Kier alpha value is -1.64.